The van der Waals surface area contributed by atoms with Crippen molar-refractivity contribution in [1.82, 2.24) is 0 Å². The predicted molar refractivity (Wildman–Crippen MR) is 124 cm³/mol. The highest BCUT2D eigenvalue weighted by Crippen LogP contribution is 2.45. The zero-order chi connectivity index (χ0) is 20.3. The summed E-state index contributed by atoms with van der Waals surface area (Å²) in [6.07, 6.45) is 0. The summed E-state index contributed by atoms with van der Waals surface area (Å²) in [7, 11) is 0. The molecule has 0 bridgehead atoms. The molecule has 0 nitrogen and oxygen atoms in total. The van der Waals surface area contributed by atoms with Gasteiger partial charge in [-0.25, -0.2) is 0 Å². The number of benzene rings is 4. The first-order valence-electron chi connectivity index (χ1n) is 10.4. The minimum Gasteiger partial charge on any atom is -0.0622 e. The van der Waals surface area contributed by atoms with E-state index in [1.807, 2.05) is 0 Å². The molecule has 0 aromatic heterocycles. The standard InChI is InChI=1S/C29H28/c1-22(2)24-16-20-28(21-17-24)29(25-10-6-4-7-11-25,26-12-8-5-9-13-26)27-18-14-23(3)15-19-27/h4-22H,1-3H3. The maximum Gasteiger partial charge on any atom is 0.0701 e. The van der Waals surface area contributed by atoms with Gasteiger partial charge in [0.1, 0.15) is 0 Å². The van der Waals surface area contributed by atoms with Crippen molar-refractivity contribution in [3.63, 3.8) is 0 Å². The van der Waals surface area contributed by atoms with E-state index < -0.39 is 0 Å². The Morgan fingerprint density at radius 3 is 1.28 bits per heavy atom. The number of hydrogen-bond acceptors (Lipinski definition) is 0. The SMILES string of the molecule is Cc1ccc(C(c2ccccc2)(c2ccccc2)c2ccc(C(C)C)cc2)cc1. The van der Waals surface area contributed by atoms with Crippen LogP contribution in [0.25, 0.3) is 0 Å². The lowest BCUT2D eigenvalue weighted by atomic mass is 9.65. The van der Waals surface area contributed by atoms with Crippen LogP contribution in [0.3, 0.4) is 0 Å². The molecule has 0 aliphatic carbocycles. The van der Waals surface area contributed by atoms with Crippen molar-refractivity contribution in [2.24, 2.45) is 0 Å². The third-order valence-electron chi connectivity index (χ3n) is 5.91. The van der Waals surface area contributed by atoms with Crippen LogP contribution in [0.4, 0.5) is 0 Å². The van der Waals surface area contributed by atoms with Gasteiger partial charge in [-0.1, -0.05) is 129 Å². The Kier molecular flexibility index (Phi) is 5.36. The van der Waals surface area contributed by atoms with E-state index in [1.54, 1.807) is 0 Å². The minimum atomic E-state index is -0.355. The molecule has 29 heavy (non-hydrogen) atoms. The number of rotatable bonds is 5. The van der Waals surface area contributed by atoms with E-state index in [9.17, 15) is 0 Å². The molecule has 0 aliphatic rings. The Hall–Kier alpha value is -3.12. The predicted octanol–water partition coefficient (Wildman–Crippen LogP) is 7.50. The van der Waals surface area contributed by atoms with E-state index >= 15 is 0 Å². The van der Waals surface area contributed by atoms with Gasteiger partial charge in [-0.15, -0.1) is 0 Å². The number of aryl methyl sites for hydroxylation is 1. The lowest BCUT2D eigenvalue weighted by molar-refractivity contribution is 0.742. The highest BCUT2D eigenvalue weighted by Gasteiger charge is 2.38. The molecular weight excluding hydrogens is 348 g/mol. The molecule has 0 heterocycles. The quantitative estimate of drug-likeness (QED) is 0.316. The summed E-state index contributed by atoms with van der Waals surface area (Å²) >= 11 is 0. The second-order valence-corrected chi connectivity index (χ2v) is 8.12. The Bertz CT molecular complexity index is 1000. The zero-order valence-corrected chi connectivity index (χ0v) is 17.5. The monoisotopic (exact) mass is 376 g/mol. The summed E-state index contributed by atoms with van der Waals surface area (Å²) in [5.41, 5.74) is 7.44. The fraction of sp³-hybridized carbons (Fsp3) is 0.172. The van der Waals surface area contributed by atoms with E-state index in [-0.39, 0.29) is 5.41 Å². The molecule has 0 atom stereocenters. The number of hydrogen-bond donors (Lipinski definition) is 0. The molecule has 0 aliphatic heterocycles. The average molecular weight is 377 g/mol. The first-order chi connectivity index (χ1) is 14.1. The van der Waals surface area contributed by atoms with Crippen LogP contribution in [0.2, 0.25) is 0 Å². The van der Waals surface area contributed by atoms with Crippen LogP contribution in [-0.4, -0.2) is 0 Å². The van der Waals surface area contributed by atoms with Gasteiger partial charge in [0.15, 0.2) is 0 Å². The molecule has 4 rings (SSSR count). The van der Waals surface area contributed by atoms with Gasteiger partial charge >= 0.3 is 0 Å². The van der Waals surface area contributed by atoms with Crippen LogP contribution in [0.15, 0.2) is 109 Å². The molecule has 4 aromatic carbocycles. The third kappa shape index (κ3) is 3.51. The molecule has 0 N–H and O–H groups in total. The van der Waals surface area contributed by atoms with E-state index in [0.717, 1.165) is 0 Å². The van der Waals surface area contributed by atoms with E-state index in [4.69, 9.17) is 0 Å². The highest BCUT2D eigenvalue weighted by molar-refractivity contribution is 5.60. The third-order valence-corrected chi connectivity index (χ3v) is 5.91. The van der Waals surface area contributed by atoms with Gasteiger partial charge in [0.2, 0.25) is 0 Å². The molecule has 0 fully saturated rings. The Labute approximate surface area is 174 Å². The normalized spacial score (nSPS) is 11.6. The molecule has 0 unspecified atom stereocenters. The summed E-state index contributed by atoms with van der Waals surface area (Å²) in [6, 6.07) is 40.0. The summed E-state index contributed by atoms with van der Waals surface area (Å²) in [6.45, 7) is 6.64. The first kappa shape index (κ1) is 19.2. The fourth-order valence-electron chi connectivity index (χ4n) is 4.30. The Morgan fingerprint density at radius 1 is 0.483 bits per heavy atom. The zero-order valence-electron chi connectivity index (χ0n) is 17.5. The maximum absolute atomic E-state index is 2.31. The van der Waals surface area contributed by atoms with Crippen molar-refractivity contribution < 1.29 is 0 Å². The van der Waals surface area contributed by atoms with E-state index in [2.05, 4.69) is 130 Å². The average Bonchev–Trinajstić information content (AvgIpc) is 2.77. The first-order valence-corrected chi connectivity index (χ1v) is 10.4. The van der Waals surface area contributed by atoms with E-state index in [1.165, 1.54) is 33.4 Å². The molecule has 0 heteroatoms. The summed E-state index contributed by atoms with van der Waals surface area (Å²) in [4.78, 5) is 0. The summed E-state index contributed by atoms with van der Waals surface area (Å²) in [5, 5.41) is 0. The molecule has 0 saturated heterocycles. The van der Waals surface area contributed by atoms with Gasteiger partial charge in [0.05, 0.1) is 5.41 Å². The molecule has 0 amide bonds. The Balaban J connectivity index is 2.07. The summed E-state index contributed by atoms with van der Waals surface area (Å²) in [5.74, 6) is 0.520. The molecule has 0 spiro atoms. The molecule has 0 saturated carbocycles. The van der Waals surface area contributed by atoms with Gasteiger partial charge in [-0.05, 0) is 40.7 Å². The van der Waals surface area contributed by atoms with Crippen molar-refractivity contribution in [3.05, 3.63) is 143 Å². The molecule has 144 valence electrons. The van der Waals surface area contributed by atoms with Crippen molar-refractivity contribution in [3.8, 4) is 0 Å². The molecular formula is C29H28. The van der Waals surface area contributed by atoms with Crippen LogP contribution >= 0.6 is 0 Å². The van der Waals surface area contributed by atoms with Crippen molar-refractivity contribution in [2.75, 3.05) is 0 Å². The second kappa shape index (κ2) is 8.09. The van der Waals surface area contributed by atoms with Gasteiger partial charge in [-0.2, -0.15) is 0 Å². The Morgan fingerprint density at radius 2 is 0.862 bits per heavy atom. The second-order valence-electron chi connectivity index (χ2n) is 8.12. The smallest absolute Gasteiger partial charge is 0.0622 e. The van der Waals surface area contributed by atoms with Gasteiger partial charge in [0, 0.05) is 0 Å². The molecule has 0 radical (unpaired) electrons. The highest BCUT2D eigenvalue weighted by atomic mass is 14.4. The van der Waals surface area contributed by atoms with Crippen LogP contribution in [0.5, 0.6) is 0 Å². The van der Waals surface area contributed by atoms with Crippen LogP contribution in [0.1, 0.15) is 53.1 Å². The molecule has 4 aromatic rings. The minimum absolute atomic E-state index is 0.355. The van der Waals surface area contributed by atoms with Crippen LogP contribution in [0, 0.1) is 6.92 Å². The van der Waals surface area contributed by atoms with Gasteiger partial charge in [-0.3, -0.25) is 0 Å². The van der Waals surface area contributed by atoms with E-state index in [0.29, 0.717) is 5.92 Å². The van der Waals surface area contributed by atoms with Crippen LogP contribution < -0.4 is 0 Å². The summed E-state index contributed by atoms with van der Waals surface area (Å²) < 4.78 is 0. The fourth-order valence-corrected chi connectivity index (χ4v) is 4.30. The largest absolute Gasteiger partial charge is 0.0701 e. The van der Waals surface area contributed by atoms with Crippen molar-refractivity contribution in [1.29, 1.82) is 0 Å². The lowest BCUT2D eigenvalue weighted by Gasteiger charge is -2.37. The van der Waals surface area contributed by atoms with Gasteiger partial charge in [0.25, 0.3) is 0 Å². The lowest BCUT2D eigenvalue weighted by Crippen LogP contribution is -2.31. The maximum atomic E-state index is 2.31. The van der Waals surface area contributed by atoms with Gasteiger partial charge < -0.3 is 0 Å². The van der Waals surface area contributed by atoms with Crippen molar-refractivity contribution in [2.45, 2.75) is 32.1 Å². The van der Waals surface area contributed by atoms with Crippen molar-refractivity contribution >= 4 is 0 Å². The van der Waals surface area contributed by atoms with Crippen LogP contribution in [-0.2, 0) is 5.41 Å². The topological polar surface area (TPSA) is 0 Å².